The van der Waals surface area contributed by atoms with Crippen molar-refractivity contribution in [2.75, 3.05) is 25.1 Å². The van der Waals surface area contributed by atoms with Gasteiger partial charge in [0.25, 0.3) is 0 Å². The Morgan fingerprint density at radius 2 is 2.38 bits per heavy atom. The second-order valence-corrected chi connectivity index (χ2v) is 4.71. The molecule has 0 saturated carbocycles. The van der Waals surface area contributed by atoms with Gasteiger partial charge in [-0.1, -0.05) is 6.07 Å². The van der Waals surface area contributed by atoms with Crippen LogP contribution in [0.5, 0.6) is 5.75 Å². The first-order valence-electron chi connectivity index (χ1n) is 5.97. The molecule has 0 spiro atoms. The molecule has 3 heteroatoms. The highest BCUT2D eigenvalue weighted by Gasteiger charge is 2.40. The fraction of sp³-hybridized carbons (Fsp3) is 0.538. The second-order valence-electron chi connectivity index (χ2n) is 4.71. The Bertz CT molecular complexity index is 405. The molecule has 0 aliphatic carbocycles. The fourth-order valence-corrected chi connectivity index (χ4v) is 3.20. The molecule has 2 N–H and O–H groups in total. The fourth-order valence-electron chi connectivity index (χ4n) is 3.20. The van der Waals surface area contributed by atoms with Gasteiger partial charge in [-0.25, -0.2) is 0 Å². The topological polar surface area (TPSA) is 38.5 Å². The average molecular weight is 218 g/mol. The molecule has 1 aromatic carbocycles. The van der Waals surface area contributed by atoms with Gasteiger partial charge < -0.3 is 15.4 Å². The third-order valence-corrected chi connectivity index (χ3v) is 4.04. The lowest BCUT2D eigenvalue weighted by Gasteiger charge is -2.21. The number of methoxy groups -OCH3 is 1. The zero-order valence-electron chi connectivity index (χ0n) is 9.65. The summed E-state index contributed by atoms with van der Waals surface area (Å²) < 4.78 is 5.43. The number of nitrogens with two attached hydrogens (primary N) is 1. The van der Waals surface area contributed by atoms with E-state index in [2.05, 4.69) is 23.1 Å². The van der Waals surface area contributed by atoms with Crippen LogP contribution < -0.4 is 15.4 Å². The SMILES string of the molecule is COc1cccc2c1CC1C(CN)CCN21. The van der Waals surface area contributed by atoms with E-state index in [1.807, 2.05) is 0 Å². The van der Waals surface area contributed by atoms with E-state index in [4.69, 9.17) is 10.5 Å². The van der Waals surface area contributed by atoms with Gasteiger partial charge in [-0.2, -0.15) is 0 Å². The van der Waals surface area contributed by atoms with Gasteiger partial charge in [-0.15, -0.1) is 0 Å². The van der Waals surface area contributed by atoms with Gasteiger partial charge in [0.2, 0.25) is 0 Å². The minimum absolute atomic E-state index is 0.608. The highest BCUT2D eigenvalue weighted by molar-refractivity contribution is 5.65. The van der Waals surface area contributed by atoms with Crippen LogP contribution in [0.15, 0.2) is 18.2 Å². The number of anilines is 1. The molecule has 1 fully saturated rings. The minimum Gasteiger partial charge on any atom is -0.496 e. The van der Waals surface area contributed by atoms with Crippen LogP contribution in [0.1, 0.15) is 12.0 Å². The standard InChI is InChI=1S/C13H18N2O/c1-16-13-4-2-3-11-10(13)7-12-9(8-14)5-6-15(11)12/h2-4,9,12H,5-8,14H2,1H3. The molecule has 2 aliphatic heterocycles. The number of nitrogens with zero attached hydrogens (tertiary/aromatic N) is 1. The average Bonchev–Trinajstić information content (AvgIpc) is 2.86. The van der Waals surface area contributed by atoms with Gasteiger partial charge in [-0.3, -0.25) is 0 Å². The summed E-state index contributed by atoms with van der Waals surface area (Å²) in [7, 11) is 1.75. The van der Waals surface area contributed by atoms with E-state index >= 15 is 0 Å². The predicted molar refractivity (Wildman–Crippen MR) is 65.0 cm³/mol. The van der Waals surface area contributed by atoms with Crippen molar-refractivity contribution in [3.63, 3.8) is 0 Å². The molecule has 2 aliphatic rings. The van der Waals surface area contributed by atoms with E-state index in [9.17, 15) is 0 Å². The molecular formula is C13H18N2O. The number of fused-ring (bicyclic) bond motifs is 3. The van der Waals surface area contributed by atoms with Gasteiger partial charge in [0.15, 0.2) is 0 Å². The Morgan fingerprint density at radius 1 is 1.50 bits per heavy atom. The maximum absolute atomic E-state index is 5.84. The third-order valence-electron chi connectivity index (χ3n) is 4.04. The van der Waals surface area contributed by atoms with Crippen LogP contribution in [0.4, 0.5) is 5.69 Å². The van der Waals surface area contributed by atoms with Crippen molar-refractivity contribution in [1.82, 2.24) is 0 Å². The minimum atomic E-state index is 0.608. The molecule has 0 radical (unpaired) electrons. The summed E-state index contributed by atoms with van der Waals surface area (Å²) in [6.45, 7) is 1.95. The summed E-state index contributed by atoms with van der Waals surface area (Å²) >= 11 is 0. The van der Waals surface area contributed by atoms with Crippen LogP contribution in [-0.4, -0.2) is 26.2 Å². The zero-order chi connectivity index (χ0) is 11.1. The largest absolute Gasteiger partial charge is 0.496 e. The number of benzene rings is 1. The van der Waals surface area contributed by atoms with Crippen LogP contribution >= 0.6 is 0 Å². The highest BCUT2D eigenvalue weighted by Crippen LogP contribution is 2.43. The van der Waals surface area contributed by atoms with Gasteiger partial charge in [-0.05, 0) is 37.4 Å². The highest BCUT2D eigenvalue weighted by atomic mass is 16.5. The summed E-state index contributed by atoms with van der Waals surface area (Å²) in [5.41, 5.74) is 8.57. The zero-order valence-corrected chi connectivity index (χ0v) is 9.65. The number of hydrogen-bond acceptors (Lipinski definition) is 3. The van der Waals surface area contributed by atoms with E-state index in [0.29, 0.717) is 12.0 Å². The second kappa shape index (κ2) is 3.67. The molecule has 1 saturated heterocycles. The van der Waals surface area contributed by atoms with Gasteiger partial charge in [0.05, 0.1) is 7.11 Å². The lowest BCUT2D eigenvalue weighted by molar-refractivity contribution is 0.407. The van der Waals surface area contributed by atoms with E-state index in [1.165, 1.54) is 17.7 Å². The Labute approximate surface area is 96.2 Å². The van der Waals surface area contributed by atoms with E-state index in [1.54, 1.807) is 7.11 Å². The monoisotopic (exact) mass is 218 g/mol. The normalized spacial score (nSPS) is 26.8. The molecular weight excluding hydrogens is 200 g/mol. The Morgan fingerprint density at radius 3 is 3.12 bits per heavy atom. The van der Waals surface area contributed by atoms with Crippen molar-refractivity contribution in [3.05, 3.63) is 23.8 Å². The van der Waals surface area contributed by atoms with Gasteiger partial charge in [0, 0.05) is 23.8 Å². The molecule has 2 heterocycles. The van der Waals surface area contributed by atoms with Gasteiger partial charge >= 0.3 is 0 Å². The quantitative estimate of drug-likeness (QED) is 0.815. The smallest absolute Gasteiger partial charge is 0.124 e. The van der Waals surface area contributed by atoms with Crippen molar-refractivity contribution in [1.29, 1.82) is 0 Å². The molecule has 86 valence electrons. The van der Waals surface area contributed by atoms with Crippen LogP contribution in [-0.2, 0) is 6.42 Å². The van der Waals surface area contributed by atoms with Crippen molar-refractivity contribution < 1.29 is 4.74 Å². The van der Waals surface area contributed by atoms with Crippen molar-refractivity contribution >= 4 is 5.69 Å². The Hall–Kier alpha value is -1.22. The molecule has 3 nitrogen and oxygen atoms in total. The maximum Gasteiger partial charge on any atom is 0.124 e. The van der Waals surface area contributed by atoms with E-state index in [-0.39, 0.29) is 0 Å². The number of ether oxygens (including phenoxy) is 1. The Balaban J connectivity index is 1.99. The molecule has 2 atom stereocenters. The van der Waals surface area contributed by atoms with Crippen molar-refractivity contribution in [3.8, 4) is 5.75 Å². The molecule has 1 aromatic rings. The summed E-state index contributed by atoms with van der Waals surface area (Å²) in [6.07, 6.45) is 2.33. The summed E-state index contributed by atoms with van der Waals surface area (Å²) in [4.78, 5) is 2.51. The third kappa shape index (κ3) is 1.24. The van der Waals surface area contributed by atoms with Crippen LogP contribution in [0.25, 0.3) is 0 Å². The van der Waals surface area contributed by atoms with Crippen molar-refractivity contribution in [2.24, 2.45) is 11.7 Å². The lowest BCUT2D eigenvalue weighted by Crippen LogP contribution is -2.32. The first-order chi connectivity index (χ1) is 7.85. The molecule has 0 aromatic heterocycles. The Kier molecular flexibility index (Phi) is 2.28. The number of hydrogen-bond donors (Lipinski definition) is 1. The van der Waals surface area contributed by atoms with E-state index in [0.717, 1.165) is 25.3 Å². The molecule has 2 unspecified atom stereocenters. The van der Waals surface area contributed by atoms with Crippen LogP contribution in [0.2, 0.25) is 0 Å². The molecule has 0 amide bonds. The number of rotatable bonds is 2. The molecule has 0 bridgehead atoms. The first kappa shape index (κ1) is 9.97. The summed E-state index contributed by atoms with van der Waals surface area (Å²) in [5.74, 6) is 1.68. The van der Waals surface area contributed by atoms with Gasteiger partial charge in [0.1, 0.15) is 5.75 Å². The van der Waals surface area contributed by atoms with Crippen LogP contribution in [0, 0.1) is 5.92 Å². The predicted octanol–water partition coefficient (Wildman–Crippen LogP) is 1.40. The van der Waals surface area contributed by atoms with E-state index < -0.39 is 0 Å². The molecule has 16 heavy (non-hydrogen) atoms. The maximum atomic E-state index is 5.84. The lowest BCUT2D eigenvalue weighted by atomic mass is 9.96. The summed E-state index contributed by atoms with van der Waals surface area (Å²) in [6, 6.07) is 6.95. The first-order valence-corrected chi connectivity index (χ1v) is 5.97. The molecule has 3 rings (SSSR count). The summed E-state index contributed by atoms with van der Waals surface area (Å²) in [5, 5.41) is 0. The van der Waals surface area contributed by atoms with Crippen molar-refractivity contribution in [2.45, 2.75) is 18.9 Å². The van der Waals surface area contributed by atoms with Crippen LogP contribution in [0.3, 0.4) is 0 Å².